The zero-order valence-electron chi connectivity index (χ0n) is 18.0. The molecule has 0 bridgehead atoms. The summed E-state index contributed by atoms with van der Waals surface area (Å²) in [5.74, 6) is 0.984. The van der Waals surface area contributed by atoms with Gasteiger partial charge in [0.05, 0.1) is 19.2 Å². The van der Waals surface area contributed by atoms with Gasteiger partial charge in [0, 0.05) is 31.7 Å². The fourth-order valence-electron chi connectivity index (χ4n) is 4.90. The Bertz CT molecular complexity index is 1020. The van der Waals surface area contributed by atoms with Gasteiger partial charge in [-0.25, -0.2) is 0 Å². The van der Waals surface area contributed by atoms with Gasteiger partial charge < -0.3 is 4.74 Å². The Labute approximate surface area is 184 Å². The summed E-state index contributed by atoms with van der Waals surface area (Å²) in [5, 5.41) is 0. The van der Waals surface area contributed by atoms with Gasteiger partial charge in [-0.3, -0.25) is 14.6 Å². The van der Waals surface area contributed by atoms with Crippen molar-refractivity contribution in [3.05, 3.63) is 89.5 Å². The number of nitrogens with zero attached hydrogens (tertiary/aromatic N) is 2. The van der Waals surface area contributed by atoms with Gasteiger partial charge in [-0.05, 0) is 53.4 Å². The molecule has 1 heterocycles. The van der Waals surface area contributed by atoms with Crippen molar-refractivity contribution >= 4 is 5.78 Å². The molecule has 158 valence electrons. The number of Topliss-reactive ketones (excluding diaryl/α,β-unsaturated/α-hetero) is 1. The molecule has 4 heteroatoms. The van der Waals surface area contributed by atoms with Crippen LogP contribution in [0.25, 0.3) is 11.1 Å². The molecule has 4 nitrogen and oxygen atoms in total. The van der Waals surface area contributed by atoms with Crippen LogP contribution >= 0.6 is 0 Å². The Kier molecular flexibility index (Phi) is 5.58. The van der Waals surface area contributed by atoms with E-state index in [-0.39, 0.29) is 5.78 Å². The molecule has 0 spiro atoms. The normalized spacial score (nSPS) is 16.7. The number of piperazine rings is 1. The van der Waals surface area contributed by atoms with Crippen LogP contribution in [0, 0.1) is 0 Å². The average molecular weight is 413 g/mol. The Morgan fingerprint density at radius 2 is 1.42 bits per heavy atom. The smallest absolute Gasteiger partial charge is 0.176 e. The van der Waals surface area contributed by atoms with Crippen LogP contribution in [0.15, 0.2) is 72.8 Å². The van der Waals surface area contributed by atoms with Crippen LogP contribution in [0.1, 0.15) is 34.5 Å². The number of hydrogen-bond donors (Lipinski definition) is 0. The maximum absolute atomic E-state index is 12.8. The highest BCUT2D eigenvalue weighted by Gasteiger charge is 2.34. The predicted molar refractivity (Wildman–Crippen MR) is 124 cm³/mol. The molecule has 1 aliphatic heterocycles. The second-order valence-electron chi connectivity index (χ2n) is 8.27. The third kappa shape index (κ3) is 3.89. The minimum absolute atomic E-state index is 0.174. The Hall–Kier alpha value is -2.95. The Morgan fingerprint density at radius 3 is 2.00 bits per heavy atom. The van der Waals surface area contributed by atoms with E-state index in [2.05, 4.69) is 58.3 Å². The zero-order valence-corrected chi connectivity index (χ0v) is 18.0. The minimum Gasteiger partial charge on any atom is -0.494 e. The lowest BCUT2D eigenvalue weighted by atomic mass is 10.0. The summed E-state index contributed by atoms with van der Waals surface area (Å²) in [6, 6.07) is 25.4. The van der Waals surface area contributed by atoms with Crippen LogP contribution in [0.4, 0.5) is 0 Å². The molecule has 3 aromatic rings. The van der Waals surface area contributed by atoms with Crippen molar-refractivity contribution < 1.29 is 9.53 Å². The molecule has 1 aliphatic carbocycles. The number of fused-ring (bicyclic) bond motifs is 3. The first-order valence-electron chi connectivity index (χ1n) is 11.2. The Balaban J connectivity index is 1.24. The van der Waals surface area contributed by atoms with Crippen molar-refractivity contribution in [2.45, 2.75) is 13.0 Å². The number of ketones is 1. The van der Waals surface area contributed by atoms with Crippen molar-refractivity contribution in [2.75, 3.05) is 39.3 Å². The average Bonchev–Trinajstić information content (AvgIpc) is 3.15. The molecule has 0 atom stereocenters. The fraction of sp³-hybridized carbons (Fsp3) is 0.296. The van der Waals surface area contributed by atoms with Crippen molar-refractivity contribution in [3.63, 3.8) is 0 Å². The third-order valence-corrected chi connectivity index (χ3v) is 6.43. The van der Waals surface area contributed by atoms with Crippen LogP contribution in [0.5, 0.6) is 5.75 Å². The number of carbonyl (C=O) groups excluding carboxylic acids is 1. The van der Waals surface area contributed by atoms with Gasteiger partial charge in [0.25, 0.3) is 0 Å². The summed E-state index contributed by atoms with van der Waals surface area (Å²) < 4.78 is 5.47. The number of benzene rings is 3. The molecule has 5 rings (SSSR count). The highest BCUT2D eigenvalue weighted by molar-refractivity contribution is 5.97. The van der Waals surface area contributed by atoms with Gasteiger partial charge in [0.15, 0.2) is 5.78 Å². The van der Waals surface area contributed by atoms with Crippen LogP contribution < -0.4 is 4.74 Å². The molecule has 0 N–H and O–H groups in total. The van der Waals surface area contributed by atoms with E-state index < -0.39 is 0 Å². The standard InChI is InChI=1S/C27H28N2O2/c1-2-31-21-13-11-20(12-14-21)26(30)19-28-15-17-29(18-16-28)27-24-9-5-3-7-22(24)23-8-4-6-10-25(23)27/h3-14,27H,2,15-19H2,1H3. The van der Waals surface area contributed by atoms with Crippen molar-refractivity contribution in [3.8, 4) is 16.9 Å². The van der Waals surface area contributed by atoms with Gasteiger partial charge in [0.1, 0.15) is 5.75 Å². The van der Waals surface area contributed by atoms with Crippen LogP contribution in [-0.2, 0) is 0 Å². The fourth-order valence-corrected chi connectivity index (χ4v) is 4.90. The van der Waals surface area contributed by atoms with E-state index in [0.29, 0.717) is 19.2 Å². The maximum Gasteiger partial charge on any atom is 0.176 e. The molecule has 0 amide bonds. The van der Waals surface area contributed by atoms with Gasteiger partial charge in [0.2, 0.25) is 0 Å². The van der Waals surface area contributed by atoms with E-state index in [1.54, 1.807) is 0 Å². The first-order valence-corrected chi connectivity index (χ1v) is 11.2. The van der Waals surface area contributed by atoms with E-state index in [0.717, 1.165) is 37.5 Å². The first-order chi connectivity index (χ1) is 15.2. The maximum atomic E-state index is 12.8. The molecule has 0 unspecified atom stereocenters. The van der Waals surface area contributed by atoms with Gasteiger partial charge in [-0.2, -0.15) is 0 Å². The van der Waals surface area contributed by atoms with E-state index in [9.17, 15) is 4.79 Å². The Morgan fingerprint density at radius 1 is 0.839 bits per heavy atom. The lowest BCUT2D eigenvalue weighted by molar-refractivity contribution is 0.0811. The lowest BCUT2D eigenvalue weighted by Gasteiger charge is -2.38. The third-order valence-electron chi connectivity index (χ3n) is 6.43. The summed E-state index contributed by atoms with van der Waals surface area (Å²) in [5.41, 5.74) is 6.28. The predicted octanol–water partition coefficient (Wildman–Crippen LogP) is 4.66. The quantitative estimate of drug-likeness (QED) is 0.552. The molecule has 31 heavy (non-hydrogen) atoms. The molecule has 0 saturated carbocycles. The van der Waals surface area contributed by atoms with E-state index in [4.69, 9.17) is 4.74 Å². The molecule has 1 fully saturated rings. The number of rotatable bonds is 6. The molecule has 1 saturated heterocycles. The first kappa shape index (κ1) is 20.0. The number of carbonyl (C=O) groups is 1. The summed E-state index contributed by atoms with van der Waals surface area (Å²) >= 11 is 0. The minimum atomic E-state index is 0.174. The van der Waals surface area contributed by atoms with Gasteiger partial charge in [-0.1, -0.05) is 48.5 Å². The molecular weight excluding hydrogens is 384 g/mol. The van der Waals surface area contributed by atoms with Crippen molar-refractivity contribution in [2.24, 2.45) is 0 Å². The van der Waals surface area contributed by atoms with E-state index in [1.807, 2.05) is 31.2 Å². The lowest BCUT2D eigenvalue weighted by Crippen LogP contribution is -2.48. The zero-order chi connectivity index (χ0) is 21.2. The summed E-state index contributed by atoms with van der Waals surface area (Å²) in [7, 11) is 0. The van der Waals surface area contributed by atoms with Gasteiger partial charge in [-0.15, -0.1) is 0 Å². The topological polar surface area (TPSA) is 32.8 Å². The summed E-state index contributed by atoms with van der Waals surface area (Å²) in [4.78, 5) is 17.6. The molecule has 0 radical (unpaired) electrons. The second-order valence-corrected chi connectivity index (χ2v) is 8.27. The number of hydrogen-bond acceptors (Lipinski definition) is 4. The van der Waals surface area contributed by atoms with Gasteiger partial charge >= 0.3 is 0 Å². The van der Waals surface area contributed by atoms with E-state index >= 15 is 0 Å². The molecule has 3 aromatic carbocycles. The van der Waals surface area contributed by atoms with E-state index in [1.165, 1.54) is 22.3 Å². The van der Waals surface area contributed by atoms with Crippen molar-refractivity contribution in [1.82, 2.24) is 9.80 Å². The molecule has 0 aromatic heterocycles. The molecular formula is C27H28N2O2. The summed E-state index contributed by atoms with van der Waals surface area (Å²) in [6.07, 6.45) is 0. The SMILES string of the molecule is CCOc1ccc(C(=O)CN2CCN(C3c4ccccc4-c4ccccc43)CC2)cc1. The van der Waals surface area contributed by atoms with Crippen molar-refractivity contribution in [1.29, 1.82) is 0 Å². The number of ether oxygens (including phenoxy) is 1. The highest BCUT2D eigenvalue weighted by atomic mass is 16.5. The van der Waals surface area contributed by atoms with Crippen LogP contribution in [0.3, 0.4) is 0 Å². The van der Waals surface area contributed by atoms with Crippen LogP contribution in [-0.4, -0.2) is 54.9 Å². The highest BCUT2D eigenvalue weighted by Crippen LogP contribution is 2.46. The molecule has 2 aliphatic rings. The van der Waals surface area contributed by atoms with Crippen LogP contribution in [0.2, 0.25) is 0 Å². The largest absolute Gasteiger partial charge is 0.494 e. The summed E-state index contributed by atoms with van der Waals surface area (Å²) in [6.45, 7) is 6.80. The second kappa shape index (κ2) is 8.66. The monoisotopic (exact) mass is 412 g/mol.